The third kappa shape index (κ3) is 4.88. The van der Waals surface area contributed by atoms with Crippen LogP contribution in [-0.2, 0) is 4.79 Å². The number of esters is 1. The van der Waals surface area contributed by atoms with Crippen molar-refractivity contribution in [2.45, 2.75) is 24.6 Å². The molecule has 5 rings (SSSR count). The minimum absolute atomic E-state index is 0.0267. The summed E-state index contributed by atoms with van der Waals surface area (Å²) in [6.45, 7) is -0.915. The molecule has 1 saturated heterocycles. The van der Waals surface area contributed by atoms with E-state index in [0.717, 1.165) is 11.0 Å². The highest BCUT2D eigenvalue weighted by atomic mass is 19.4. The molecule has 1 amide bonds. The lowest BCUT2D eigenvalue weighted by molar-refractivity contribution is -0.190. The summed E-state index contributed by atoms with van der Waals surface area (Å²) >= 11 is 0. The summed E-state index contributed by atoms with van der Waals surface area (Å²) < 4.78 is 79.5. The lowest BCUT2D eigenvalue weighted by Gasteiger charge is -2.37. The molecule has 192 valence electrons. The number of aromatic nitrogens is 3. The van der Waals surface area contributed by atoms with Crippen molar-refractivity contribution in [3.8, 4) is 11.6 Å². The number of rotatable bonds is 4. The average Bonchev–Trinajstić information content (AvgIpc) is 3.29. The molecule has 0 aliphatic carbocycles. The summed E-state index contributed by atoms with van der Waals surface area (Å²) in [5, 5.41) is 4.45. The van der Waals surface area contributed by atoms with Crippen LogP contribution < -0.4 is 9.47 Å². The first-order chi connectivity index (χ1) is 17.5. The van der Waals surface area contributed by atoms with E-state index in [2.05, 4.69) is 14.8 Å². The van der Waals surface area contributed by atoms with E-state index in [-0.39, 0.29) is 17.8 Å². The van der Waals surface area contributed by atoms with Gasteiger partial charge in [-0.1, -0.05) is 24.3 Å². The van der Waals surface area contributed by atoms with Gasteiger partial charge in [0.05, 0.1) is 17.6 Å². The number of pyridine rings is 2. The number of piperidine rings is 1. The maximum Gasteiger partial charge on any atom is 0.491 e. The second-order valence-corrected chi connectivity index (χ2v) is 8.34. The molecule has 1 atom stereocenters. The minimum atomic E-state index is -5.34. The summed E-state index contributed by atoms with van der Waals surface area (Å²) in [6, 6.07) is 13.8. The fourth-order valence-electron chi connectivity index (χ4n) is 3.91. The average molecular weight is 520 g/mol. The van der Waals surface area contributed by atoms with E-state index in [0.29, 0.717) is 10.9 Å². The Morgan fingerprint density at radius 1 is 1.05 bits per heavy atom. The molecule has 0 bridgehead atoms. The Bertz CT molecular complexity index is 1470. The number of carbonyl (C=O) groups excluding carboxylic acids is 2. The number of nitrogens with zero attached hydrogens (tertiary/aromatic N) is 4. The van der Waals surface area contributed by atoms with Crippen molar-refractivity contribution >= 4 is 28.3 Å². The van der Waals surface area contributed by atoms with Gasteiger partial charge in [-0.3, -0.25) is 4.79 Å². The molecule has 0 unspecified atom stereocenters. The highest BCUT2D eigenvalue weighted by Gasteiger charge is 2.48. The van der Waals surface area contributed by atoms with Gasteiger partial charge in [0.25, 0.3) is 17.7 Å². The van der Waals surface area contributed by atoms with Crippen molar-refractivity contribution in [2.75, 3.05) is 13.1 Å². The van der Waals surface area contributed by atoms with E-state index in [1.807, 2.05) is 0 Å². The van der Waals surface area contributed by atoms with Crippen LogP contribution in [0.5, 0.6) is 11.6 Å². The Kier molecular flexibility index (Phi) is 5.92. The number of likely N-dealkylation sites (tertiary alicyclic amines) is 1. The number of halogens is 5. The quantitative estimate of drug-likeness (QED) is 0.295. The van der Waals surface area contributed by atoms with E-state index < -0.39 is 54.7 Å². The molecule has 37 heavy (non-hydrogen) atoms. The van der Waals surface area contributed by atoms with Crippen molar-refractivity contribution in [1.29, 1.82) is 0 Å². The predicted molar refractivity (Wildman–Crippen MR) is 119 cm³/mol. The SMILES string of the molecule is O=C(c1cc2ccccn2n1)N1CCC(F)(F)[C@@H](Oc2nc3ccccc3cc2OC(=O)C(F)(F)F)C1. The topological polar surface area (TPSA) is 86.0 Å². The van der Waals surface area contributed by atoms with Crippen LogP contribution in [-0.4, -0.2) is 62.7 Å². The van der Waals surface area contributed by atoms with Crippen molar-refractivity contribution in [3.05, 3.63) is 66.5 Å². The molecule has 0 saturated carbocycles. The molecule has 1 aliphatic rings. The molecule has 1 aliphatic heterocycles. The van der Waals surface area contributed by atoms with E-state index in [4.69, 9.17) is 4.74 Å². The highest BCUT2D eigenvalue weighted by Crippen LogP contribution is 2.37. The third-order valence-electron chi connectivity index (χ3n) is 5.79. The number of alkyl halides is 5. The van der Waals surface area contributed by atoms with Crippen molar-refractivity contribution < 1.29 is 41.0 Å². The summed E-state index contributed by atoms with van der Waals surface area (Å²) in [5.74, 6) is -8.16. The van der Waals surface area contributed by atoms with Crippen LogP contribution in [0.1, 0.15) is 16.9 Å². The van der Waals surface area contributed by atoms with Gasteiger partial charge < -0.3 is 14.4 Å². The van der Waals surface area contributed by atoms with Gasteiger partial charge in [-0.25, -0.2) is 23.1 Å². The molecule has 4 aromatic rings. The smallest absolute Gasteiger partial charge is 0.463 e. The maximum atomic E-state index is 14.9. The second kappa shape index (κ2) is 8.98. The molecule has 0 radical (unpaired) electrons. The molecule has 3 aromatic heterocycles. The maximum absolute atomic E-state index is 14.9. The third-order valence-corrected chi connectivity index (χ3v) is 5.79. The van der Waals surface area contributed by atoms with Crippen LogP contribution in [0.25, 0.3) is 16.4 Å². The summed E-state index contributed by atoms with van der Waals surface area (Å²) in [7, 11) is 0. The molecule has 13 heteroatoms. The van der Waals surface area contributed by atoms with Gasteiger partial charge in [-0.15, -0.1) is 0 Å². The van der Waals surface area contributed by atoms with Gasteiger partial charge in [0.2, 0.25) is 0 Å². The van der Waals surface area contributed by atoms with Crippen molar-refractivity contribution in [3.63, 3.8) is 0 Å². The van der Waals surface area contributed by atoms with Gasteiger partial charge in [0, 0.05) is 24.5 Å². The van der Waals surface area contributed by atoms with E-state index in [1.54, 1.807) is 36.5 Å². The number of hydrogen-bond acceptors (Lipinski definition) is 6. The first kappa shape index (κ1) is 24.4. The Balaban J connectivity index is 1.44. The fraction of sp³-hybridized carbons (Fsp3) is 0.250. The Labute approximate surface area is 205 Å². The zero-order chi connectivity index (χ0) is 26.4. The van der Waals surface area contributed by atoms with Gasteiger partial charge in [-0.2, -0.15) is 18.3 Å². The predicted octanol–water partition coefficient (Wildman–Crippen LogP) is 4.28. The first-order valence-electron chi connectivity index (χ1n) is 11.0. The number of amides is 1. The van der Waals surface area contributed by atoms with E-state index in [9.17, 15) is 31.5 Å². The molecule has 0 spiro atoms. The van der Waals surface area contributed by atoms with Crippen LogP contribution in [0, 0.1) is 0 Å². The van der Waals surface area contributed by atoms with Crippen LogP contribution in [0.15, 0.2) is 60.8 Å². The van der Waals surface area contributed by atoms with E-state index >= 15 is 0 Å². The number of ether oxygens (including phenoxy) is 2. The van der Waals surface area contributed by atoms with Gasteiger partial charge >= 0.3 is 12.1 Å². The van der Waals surface area contributed by atoms with Gasteiger partial charge in [0.1, 0.15) is 0 Å². The van der Waals surface area contributed by atoms with Crippen LogP contribution in [0.3, 0.4) is 0 Å². The van der Waals surface area contributed by atoms with Crippen LogP contribution in [0.4, 0.5) is 22.0 Å². The molecule has 1 fully saturated rings. The largest absolute Gasteiger partial charge is 0.491 e. The normalized spacial score (nSPS) is 17.6. The summed E-state index contributed by atoms with van der Waals surface area (Å²) in [4.78, 5) is 29.6. The zero-order valence-corrected chi connectivity index (χ0v) is 18.8. The number of para-hydroxylation sites is 1. The standard InChI is InChI=1S/C24H17F5N4O4/c25-23(26)8-10-32(21(34)17-12-15-6-3-4-9-33(15)31-17)13-19(23)37-20-18(36-22(35)24(27,28)29)11-14-5-1-2-7-16(14)30-20/h1-7,9,11-12,19H,8,10,13H2/t19-/m0/s1. The highest BCUT2D eigenvalue weighted by molar-refractivity contribution is 5.93. The Morgan fingerprint density at radius 2 is 1.81 bits per heavy atom. The zero-order valence-electron chi connectivity index (χ0n) is 18.8. The van der Waals surface area contributed by atoms with Crippen molar-refractivity contribution in [2.24, 2.45) is 0 Å². The number of hydrogen-bond donors (Lipinski definition) is 0. The molecular formula is C24H17F5N4O4. The van der Waals surface area contributed by atoms with E-state index in [1.165, 1.54) is 22.7 Å². The number of benzene rings is 1. The molecule has 0 N–H and O–H groups in total. The lowest BCUT2D eigenvalue weighted by Crippen LogP contribution is -2.55. The summed E-state index contributed by atoms with van der Waals surface area (Å²) in [5.41, 5.74) is 0.859. The van der Waals surface area contributed by atoms with Crippen LogP contribution >= 0.6 is 0 Å². The van der Waals surface area contributed by atoms with Gasteiger partial charge in [0.15, 0.2) is 17.5 Å². The molecule has 8 nitrogen and oxygen atoms in total. The monoisotopic (exact) mass is 520 g/mol. The fourth-order valence-corrected chi connectivity index (χ4v) is 3.91. The number of fused-ring (bicyclic) bond motifs is 2. The minimum Gasteiger partial charge on any atom is -0.463 e. The molecule has 1 aromatic carbocycles. The molecular weight excluding hydrogens is 503 g/mol. The second-order valence-electron chi connectivity index (χ2n) is 8.34. The molecule has 4 heterocycles. The Morgan fingerprint density at radius 3 is 2.57 bits per heavy atom. The summed E-state index contributed by atoms with van der Waals surface area (Å²) in [6.07, 6.45) is -6.48. The first-order valence-corrected chi connectivity index (χ1v) is 11.0. The van der Waals surface area contributed by atoms with Crippen molar-refractivity contribution in [1.82, 2.24) is 19.5 Å². The van der Waals surface area contributed by atoms with Gasteiger partial charge in [-0.05, 0) is 30.3 Å². The lowest BCUT2D eigenvalue weighted by atomic mass is 10.0. The number of carbonyl (C=O) groups is 2. The van der Waals surface area contributed by atoms with Crippen LogP contribution in [0.2, 0.25) is 0 Å². The Hall–Kier alpha value is -4.29.